The van der Waals surface area contributed by atoms with Gasteiger partial charge in [0.2, 0.25) is 0 Å². The third-order valence-corrected chi connectivity index (χ3v) is 5.25. The molecule has 1 unspecified atom stereocenters. The van der Waals surface area contributed by atoms with Gasteiger partial charge >= 0.3 is 0 Å². The lowest BCUT2D eigenvalue weighted by molar-refractivity contribution is 0.791. The summed E-state index contributed by atoms with van der Waals surface area (Å²) in [6.45, 7) is 0. The topological polar surface area (TPSA) is 43.6 Å². The van der Waals surface area contributed by atoms with Crippen LogP contribution in [0.1, 0.15) is 6.42 Å². The molecule has 0 amide bonds. The third-order valence-electron chi connectivity index (χ3n) is 3.14. The first-order valence-corrected chi connectivity index (χ1v) is 7.62. The number of nitrogens with zero attached hydrogens (tertiary/aromatic N) is 4. The van der Waals surface area contributed by atoms with Crippen LogP contribution in [0, 0.1) is 5.92 Å². The summed E-state index contributed by atoms with van der Waals surface area (Å²) < 4.78 is 1.45. The first-order valence-electron chi connectivity index (χ1n) is 5.88. The van der Waals surface area contributed by atoms with E-state index in [1.54, 1.807) is 24.2 Å². The fraction of sp³-hybridized carbons (Fsp3) is 0.417. The highest BCUT2D eigenvalue weighted by Crippen LogP contribution is 2.54. The summed E-state index contributed by atoms with van der Waals surface area (Å²) in [7, 11) is 1.96. The molecule has 1 aliphatic carbocycles. The largest absolute Gasteiger partial charge is 0.305 e. The van der Waals surface area contributed by atoms with E-state index in [9.17, 15) is 0 Å². The van der Waals surface area contributed by atoms with E-state index < -0.39 is 4.33 Å². The Kier molecular flexibility index (Phi) is 3.45. The van der Waals surface area contributed by atoms with Crippen LogP contribution in [-0.2, 0) is 7.05 Å². The van der Waals surface area contributed by atoms with Gasteiger partial charge < -0.3 is 4.57 Å². The average molecular weight is 315 g/mol. The number of pyridine rings is 1. The summed E-state index contributed by atoms with van der Waals surface area (Å²) in [5.41, 5.74) is 1.01. The number of thioether (sulfide) groups is 1. The molecule has 2 aromatic heterocycles. The van der Waals surface area contributed by atoms with Crippen LogP contribution in [0.15, 0.2) is 29.7 Å². The van der Waals surface area contributed by atoms with Crippen LogP contribution >= 0.6 is 35.0 Å². The summed E-state index contributed by atoms with van der Waals surface area (Å²) in [4.78, 5) is 4.00. The van der Waals surface area contributed by atoms with Crippen LogP contribution in [0.2, 0.25) is 0 Å². The van der Waals surface area contributed by atoms with Crippen molar-refractivity contribution in [3.63, 3.8) is 0 Å². The Bertz CT molecular complexity index is 585. The Morgan fingerprint density at radius 1 is 1.37 bits per heavy atom. The Morgan fingerprint density at radius 3 is 2.68 bits per heavy atom. The fourth-order valence-corrected chi connectivity index (χ4v) is 3.66. The molecule has 0 saturated heterocycles. The predicted molar refractivity (Wildman–Crippen MR) is 77.5 cm³/mol. The van der Waals surface area contributed by atoms with Crippen molar-refractivity contribution in [3.05, 3.63) is 24.5 Å². The van der Waals surface area contributed by atoms with Gasteiger partial charge in [-0.2, -0.15) is 0 Å². The van der Waals surface area contributed by atoms with Crippen LogP contribution in [-0.4, -0.2) is 29.8 Å². The van der Waals surface area contributed by atoms with Crippen molar-refractivity contribution in [3.8, 4) is 11.4 Å². The first kappa shape index (κ1) is 13.2. The molecule has 100 valence electrons. The van der Waals surface area contributed by atoms with E-state index in [2.05, 4.69) is 15.2 Å². The van der Waals surface area contributed by atoms with Crippen LogP contribution in [0.3, 0.4) is 0 Å². The van der Waals surface area contributed by atoms with Crippen molar-refractivity contribution in [1.82, 2.24) is 19.7 Å². The molecule has 19 heavy (non-hydrogen) atoms. The van der Waals surface area contributed by atoms with Gasteiger partial charge in [-0.15, -0.1) is 33.4 Å². The van der Waals surface area contributed by atoms with Gasteiger partial charge in [0.25, 0.3) is 0 Å². The first-order chi connectivity index (χ1) is 9.08. The molecular formula is C12H12Cl2N4S. The Hall–Kier alpha value is -0.780. The predicted octanol–water partition coefficient (Wildman–Crippen LogP) is 3.16. The van der Waals surface area contributed by atoms with E-state index in [0.717, 1.165) is 28.7 Å². The molecule has 0 aliphatic heterocycles. The Morgan fingerprint density at radius 2 is 2.05 bits per heavy atom. The van der Waals surface area contributed by atoms with Gasteiger partial charge in [0, 0.05) is 36.7 Å². The molecule has 7 heteroatoms. The normalized spacial score (nSPS) is 20.5. The summed E-state index contributed by atoms with van der Waals surface area (Å²) >= 11 is 13.7. The summed E-state index contributed by atoms with van der Waals surface area (Å²) in [5, 5.41) is 9.31. The standard InChI is InChI=1S/C12H12Cl2N4S/c1-18-10(8-2-4-15-5-3-8)16-17-11(18)19-7-9-6-12(9,13)14/h2-5,9H,6-7H2,1H3. The van der Waals surface area contributed by atoms with Gasteiger partial charge in [-0.3, -0.25) is 4.98 Å². The number of alkyl halides is 2. The van der Waals surface area contributed by atoms with Crippen molar-refractivity contribution in [2.45, 2.75) is 15.9 Å². The molecule has 1 fully saturated rings. The highest BCUT2D eigenvalue weighted by Gasteiger charge is 2.51. The number of halogens is 2. The van der Waals surface area contributed by atoms with Crippen LogP contribution in [0.25, 0.3) is 11.4 Å². The molecule has 1 atom stereocenters. The van der Waals surface area contributed by atoms with Crippen LogP contribution in [0.5, 0.6) is 0 Å². The van der Waals surface area contributed by atoms with Crippen molar-refractivity contribution < 1.29 is 0 Å². The lowest BCUT2D eigenvalue weighted by Gasteiger charge is -2.03. The molecular weight excluding hydrogens is 303 g/mol. The highest BCUT2D eigenvalue weighted by atomic mass is 35.5. The molecule has 0 bridgehead atoms. The third kappa shape index (κ3) is 2.73. The lowest BCUT2D eigenvalue weighted by atomic mass is 10.2. The Balaban J connectivity index is 1.73. The smallest absolute Gasteiger partial charge is 0.191 e. The maximum atomic E-state index is 6.02. The van der Waals surface area contributed by atoms with Crippen molar-refractivity contribution in [2.75, 3.05) is 5.75 Å². The van der Waals surface area contributed by atoms with E-state index >= 15 is 0 Å². The van der Waals surface area contributed by atoms with E-state index in [1.807, 2.05) is 23.7 Å². The zero-order valence-electron chi connectivity index (χ0n) is 10.3. The van der Waals surface area contributed by atoms with Crippen molar-refractivity contribution in [2.24, 2.45) is 13.0 Å². The zero-order chi connectivity index (χ0) is 13.5. The van der Waals surface area contributed by atoms with E-state index in [1.165, 1.54) is 0 Å². The number of hydrogen-bond acceptors (Lipinski definition) is 4. The van der Waals surface area contributed by atoms with E-state index in [4.69, 9.17) is 23.2 Å². The van der Waals surface area contributed by atoms with Crippen LogP contribution in [0.4, 0.5) is 0 Å². The molecule has 2 heterocycles. The molecule has 3 rings (SSSR count). The minimum absolute atomic E-state index is 0.349. The Labute approximate surface area is 125 Å². The van der Waals surface area contributed by atoms with Gasteiger partial charge in [0.15, 0.2) is 11.0 Å². The monoisotopic (exact) mass is 314 g/mol. The van der Waals surface area contributed by atoms with Gasteiger partial charge in [-0.05, 0) is 18.6 Å². The molecule has 1 saturated carbocycles. The summed E-state index contributed by atoms with van der Waals surface area (Å²) in [6, 6.07) is 3.84. The molecule has 4 nitrogen and oxygen atoms in total. The second-order valence-corrected chi connectivity index (χ2v) is 7.10. The molecule has 0 spiro atoms. The maximum absolute atomic E-state index is 6.02. The van der Waals surface area contributed by atoms with Gasteiger partial charge in [0.05, 0.1) is 0 Å². The van der Waals surface area contributed by atoms with Gasteiger partial charge in [-0.1, -0.05) is 11.8 Å². The molecule has 0 N–H and O–H groups in total. The fourth-order valence-electron chi connectivity index (χ4n) is 1.82. The number of rotatable bonds is 4. The number of hydrogen-bond donors (Lipinski definition) is 0. The highest BCUT2D eigenvalue weighted by molar-refractivity contribution is 7.99. The molecule has 0 aromatic carbocycles. The second kappa shape index (κ2) is 4.96. The zero-order valence-corrected chi connectivity index (χ0v) is 12.6. The lowest BCUT2D eigenvalue weighted by Crippen LogP contribution is -1.98. The maximum Gasteiger partial charge on any atom is 0.191 e. The van der Waals surface area contributed by atoms with Gasteiger partial charge in [0.1, 0.15) is 4.33 Å². The molecule has 1 aliphatic rings. The summed E-state index contributed by atoms with van der Waals surface area (Å²) in [6.07, 6.45) is 4.35. The quantitative estimate of drug-likeness (QED) is 0.642. The van der Waals surface area contributed by atoms with Gasteiger partial charge in [-0.25, -0.2) is 0 Å². The SMILES string of the molecule is Cn1c(SCC2CC2(Cl)Cl)nnc1-c1ccncc1. The average Bonchev–Trinajstić information content (AvgIpc) is 2.85. The second-order valence-electron chi connectivity index (χ2n) is 4.57. The minimum Gasteiger partial charge on any atom is -0.305 e. The van der Waals surface area contributed by atoms with E-state index in [0.29, 0.717) is 5.92 Å². The van der Waals surface area contributed by atoms with E-state index in [-0.39, 0.29) is 0 Å². The molecule has 2 aromatic rings. The minimum atomic E-state index is -0.528. The van der Waals surface area contributed by atoms with Crippen molar-refractivity contribution in [1.29, 1.82) is 0 Å². The number of aromatic nitrogens is 4. The summed E-state index contributed by atoms with van der Waals surface area (Å²) in [5.74, 6) is 2.06. The van der Waals surface area contributed by atoms with Crippen molar-refractivity contribution >= 4 is 35.0 Å². The molecule has 0 radical (unpaired) electrons. The van der Waals surface area contributed by atoms with Crippen LogP contribution < -0.4 is 0 Å².